The summed E-state index contributed by atoms with van der Waals surface area (Å²) >= 11 is 0. The number of anilines is 1. The molecule has 1 saturated heterocycles. The van der Waals surface area contributed by atoms with Gasteiger partial charge in [-0.25, -0.2) is 4.39 Å². The Balaban J connectivity index is 2.08. The van der Waals surface area contributed by atoms with Gasteiger partial charge in [0.2, 0.25) is 0 Å². The lowest BCUT2D eigenvalue weighted by Crippen LogP contribution is -2.56. The summed E-state index contributed by atoms with van der Waals surface area (Å²) in [7, 11) is 3.23. The second-order valence-corrected chi connectivity index (χ2v) is 4.60. The van der Waals surface area contributed by atoms with E-state index < -0.39 is 5.41 Å². The molecule has 0 atom stereocenters. The van der Waals surface area contributed by atoms with Crippen molar-refractivity contribution in [2.45, 2.75) is 0 Å². The highest BCUT2D eigenvalue weighted by atomic mass is 19.1. The van der Waals surface area contributed by atoms with E-state index in [0.717, 1.165) is 5.69 Å². The van der Waals surface area contributed by atoms with Crippen LogP contribution in [0.1, 0.15) is 0 Å². The molecule has 0 bridgehead atoms. The van der Waals surface area contributed by atoms with Gasteiger partial charge in [-0.2, -0.15) is 0 Å². The molecular formula is C13H16FNO3. The third-order valence-corrected chi connectivity index (χ3v) is 3.18. The van der Waals surface area contributed by atoms with Crippen LogP contribution in [0.15, 0.2) is 24.3 Å². The summed E-state index contributed by atoms with van der Waals surface area (Å²) in [5.74, 6) is -0.537. The molecule has 2 rings (SSSR count). The van der Waals surface area contributed by atoms with Crippen molar-refractivity contribution >= 4 is 11.7 Å². The van der Waals surface area contributed by atoms with E-state index in [2.05, 4.69) is 0 Å². The lowest BCUT2D eigenvalue weighted by Gasteiger charge is -2.41. The summed E-state index contributed by atoms with van der Waals surface area (Å²) in [5, 5.41) is 0. The van der Waals surface area contributed by atoms with E-state index in [1.807, 2.05) is 11.9 Å². The first-order chi connectivity index (χ1) is 8.57. The minimum Gasteiger partial charge on any atom is -0.468 e. The van der Waals surface area contributed by atoms with Gasteiger partial charge >= 0.3 is 5.97 Å². The van der Waals surface area contributed by atoms with Gasteiger partial charge in [0.25, 0.3) is 0 Å². The predicted octanol–water partition coefficient (Wildman–Crippen LogP) is 1.45. The number of ether oxygens (including phenoxy) is 2. The monoisotopic (exact) mass is 253 g/mol. The maximum atomic E-state index is 12.8. The van der Waals surface area contributed by atoms with Gasteiger partial charge in [0.15, 0.2) is 0 Å². The van der Waals surface area contributed by atoms with Gasteiger partial charge in [-0.3, -0.25) is 4.79 Å². The van der Waals surface area contributed by atoms with Crippen LogP contribution < -0.4 is 4.90 Å². The van der Waals surface area contributed by atoms with E-state index >= 15 is 0 Å². The Bertz CT molecular complexity index is 428. The largest absolute Gasteiger partial charge is 0.468 e. The average molecular weight is 253 g/mol. The molecule has 4 nitrogen and oxygen atoms in total. The van der Waals surface area contributed by atoms with Crippen LogP contribution in [0.2, 0.25) is 0 Å². The Hall–Kier alpha value is -1.62. The Morgan fingerprint density at radius 3 is 2.50 bits per heavy atom. The Kier molecular flexibility index (Phi) is 3.52. The molecule has 98 valence electrons. The van der Waals surface area contributed by atoms with Crippen molar-refractivity contribution in [3.63, 3.8) is 0 Å². The van der Waals surface area contributed by atoms with Crippen LogP contribution in [0.25, 0.3) is 0 Å². The highest BCUT2D eigenvalue weighted by Gasteiger charge is 2.48. The maximum Gasteiger partial charge on any atom is 0.318 e. The number of hydrogen-bond acceptors (Lipinski definition) is 4. The molecule has 0 amide bonds. The van der Waals surface area contributed by atoms with Crippen molar-refractivity contribution in [3.05, 3.63) is 30.1 Å². The molecule has 0 saturated carbocycles. The highest BCUT2D eigenvalue weighted by molar-refractivity contribution is 5.79. The molecule has 18 heavy (non-hydrogen) atoms. The Morgan fingerprint density at radius 1 is 1.44 bits per heavy atom. The average Bonchev–Trinajstić information content (AvgIpc) is 2.33. The molecule has 5 heteroatoms. The lowest BCUT2D eigenvalue weighted by molar-refractivity contribution is -0.180. The number of hydrogen-bond donors (Lipinski definition) is 0. The fourth-order valence-electron chi connectivity index (χ4n) is 2.08. The number of rotatable bonds is 4. The topological polar surface area (TPSA) is 38.8 Å². The number of nitrogens with zero attached hydrogens (tertiary/aromatic N) is 1. The van der Waals surface area contributed by atoms with E-state index in [-0.39, 0.29) is 11.8 Å². The fourth-order valence-corrected chi connectivity index (χ4v) is 2.08. The molecule has 1 aliphatic rings. The minimum absolute atomic E-state index is 0.261. The number of methoxy groups -OCH3 is 1. The number of carbonyl (C=O) groups excluding carboxylic acids is 1. The molecule has 1 aliphatic heterocycles. The van der Waals surface area contributed by atoms with Crippen molar-refractivity contribution in [1.82, 2.24) is 0 Å². The minimum atomic E-state index is -0.599. The maximum absolute atomic E-state index is 12.8. The number of halogens is 1. The molecule has 0 spiro atoms. The van der Waals surface area contributed by atoms with Crippen molar-refractivity contribution in [2.75, 3.05) is 38.8 Å². The molecular weight excluding hydrogens is 237 g/mol. The van der Waals surface area contributed by atoms with E-state index in [0.29, 0.717) is 19.8 Å². The zero-order valence-corrected chi connectivity index (χ0v) is 10.5. The van der Waals surface area contributed by atoms with E-state index in [1.54, 1.807) is 12.1 Å². The first kappa shape index (κ1) is 12.8. The summed E-state index contributed by atoms with van der Waals surface area (Å²) in [5.41, 5.74) is 0.254. The van der Waals surface area contributed by atoms with Gasteiger partial charge in [0.1, 0.15) is 11.2 Å². The second-order valence-electron chi connectivity index (χ2n) is 4.60. The summed E-state index contributed by atoms with van der Waals surface area (Å²) in [4.78, 5) is 13.6. The Labute approximate surface area is 105 Å². The van der Waals surface area contributed by atoms with Crippen LogP contribution in [0, 0.1) is 11.2 Å². The third-order valence-electron chi connectivity index (χ3n) is 3.18. The van der Waals surface area contributed by atoms with Gasteiger partial charge in [-0.05, 0) is 24.3 Å². The molecule has 0 N–H and O–H groups in total. The summed E-state index contributed by atoms with van der Waals surface area (Å²) in [6.07, 6.45) is 0. The Morgan fingerprint density at radius 2 is 2.06 bits per heavy atom. The van der Waals surface area contributed by atoms with Gasteiger partial charge in [-0.1, -0.05) is 0 Å². The van der Waals surface area contributed by atoms with Crippen LogP contribution in [0.4, 0.5) is 10.1 Å². The van der Waals surface area contributed by atoms with Crippen molar-refractivity contribution in [3.8, 4) is 0 Å². The molecule has 0 aromatic heterocycles. The molecule has 1 fully saturated rings. The smallest absolute Gasteiger partial charge is 0.318 e. The van der Waals surface area contributed by atoms with Crippen LogP contribution in [0.5, 0.6) is 0 Å². The summed E-state index contributed by atoms with van der Waals surface area (Å²) in [6.45, 7) is 1.22. The van der Waals surface area contributed by atoms with E-state index in [4.69, 9.17) is 9.47 Å². The van der Waals surface area contributed by atoms with Gasteiger partial charge in [0.05, 0.1) is 20.3 Å². The number of benzene rings is 1. The third kappa shape index (κ3) is 2.31. The van der Waals surface area contributed by atoms with Crippen LogP contribution >= 0.6 is 0 Å². The summed E-state index contributed by atoms with van der Waals surface area (Å²) < 4.78 is 22.8. The van der Waals surface area contributed by atoms with Gasteiger partial charge < -0.3 is 14.4 Å². The molecule has 1 heterocycles. The van der Waals surface area contributed by atoms with E-state index in [9.17, 15) is 9.18 Å². The van der Waals surface area contributed by atoms with Gasteiger partial charge in [-0.15, -0.1) is 0 Å². The normalized spacial score (nSPS) is 16.8. The first-order valence-corrected chi connectivity index (χ1v) is 5.70. The molecule has 0 aliphatic carbocycles. The molecule has 0 unspecified atom stereocenters. The predicted molar refractivity (Wildman–Crippen MR) is 64.9 cm³/mol. The molecule has 1 aromatic rings. The quantitative estimate of drug-likeness (QED) is 0.761. The first-order valence-electron chi connectivity index (χ1n) is 5.70. The molecule has 0 radical (unpaired) electrons. The van der Waals surface area contributed by atoms with Crippen LogP contribution in [-0.4, -0.2) is 39.9 Å². The lowest BCUT2D eigenvalue weighted by atomic mass is 9.85. The second kappa shape index (κ2) is 4.94. The standard InChI is InChI=1S/C13H16FNO3/c1-15(11-5-3-10(14)4-6-11)7-13(8-18-9-13)12(16)17-2/h3-6H,7-9H2,1-2H3. The van der Waals surface area contributed by atoms with Crippen molar-refractivity contribution in [2.24, 2.45) is 5.41 Å². The fraction of sp³-hybridized carbons (Fsp3) is 0.462. The highest BCUT2D eigenvalue weighted by Crippen LogP contribution is 2.31. The molecule has 1 aromatic carbocycles. The van der Waals surface area contributed by atoms with Crippen LogP contribution in [-0.2, 0) is 14.3 Å². The SMILES string of the molecule is COC(=O)C1(CN(C)c2ccc(F)cc2)COC1. The van der Waals surface area contributed by atoms with Gasteiger partial charge in [0, 0.05) is 19.3 Å². The van der Waals surface area contributed by atoms with Crippen LogP contribution in [0.3, 0.4) is 0 Å². The van der Waals surface area contributed by atoms with E-state index in [1.165, 1.54) is 19.2 Å². The summed E-state index contributed by atoms with van der Waals surface area (Å²) in [6, 6.07) is 6.15. The zero-order valence-electron chi connectivity index (χ0n) is 10.5. The number of carbonyl (C=O) groups is 1. The number of esters is 1. The van der Waals surface area contributed by atoms with Crippen molar-refractivity contribution in [1.29, 1.82) is 0 Å². The zero-order chi connectivity index (χ0) is 13.2. The van der Waals surface area contributed by atoms with Crippen molar-refractivity contribution < 1.29 is 18.7 Å².